The fourth-order valence-electron chi connectivity index (χ4n) is 1.34. The Labute approximate surface area is 110 Å². The van der Waals surface area contributed by atoms with E-state index in [-0.39, 0.29) is 0 Å². The van der Waals surface area contributed by atoms with Crippen LogP contribution < -0.4 is 4.74 Å². The number of nitrogens with zero attached hydrogens (tertiary/aromatic N) is 2. The third-order valence-electron chi connectivity index (χ3n) is 2.29. The van der Waals surface area contributed by atoms with Crippen LogP contribution in [0.15, 0.2) is 34.3 Å². The van der Waals surface area contributed by atoms with Crippen molar-refractivity contribution in [3.8, 4) is 5.75 Å². The average molecular weight is 346 g/mol. The maximum atomic E-state index is 5.35. The first-order valence-corrected chi connectivity index (χ1v) is 10.5. The number of aliphatic imine (C=N–C) groups is 2. The summed E-state index contributed by atoms with van der Waals surface area (Å²) in [6, 6.07) is 8.20. The van der Waals surface area contributed by atoms with E-state index in [1.54, 1.807) is 7.11 Å². The number of benzene rings is 1. The van der Waals surface area contributed by atoms with Crippen LogP contribution in [0.1, 0.15) is 12.5 Å². The molecule has 0 amide bonds. The summed E-state index contributed by atoms with van der Waals surface area (Å²) in [6.45, 7) is 5.36. The Morgan fingerprint density at radius 3 is 2.76 bits per heavy atom. The number of halogens is 1. The number of alkyl halides is 3. The van der Waals surface area contributed by atoms with Gasteiger partial charge >= 0.3 is 111 Å². The number of hydrogen-bond acceptors (Lipinski definition) is 2. The SMILES string of the molecule is C=NC(C)=NCI(C)Cc1ccccc1OC. The van der Waals surface area contributed by atoms with Gasteiger partial charge in [-0.3, -0.25) is 0 Å². The standard InChI is InChI=1S/C13H19IN2O/c1-11(15-3)16-10-14(2)9-12-7-5-6-8-13(12)17-4/h5-8H,3,9-10H2,1-2,4H3. The van der Waals surface area contributed by atoms with E-state index >= 15 is 0 Å². The van der Waals surface area contributed by atoms with Gasteiger partial charge in [-0.2, -0.15) is 0 Å². The van der Waals surface area contributed by atoms with Crippen LogP contribution in [-0.2, 0) is 4.43 Å². The quantitative estimate of drug-likeness (QED) is 0.265. The van der Waals surface area contributed by atoms with Crippen LogP contribution in [0.2, 0.25) is 0 Å². The molecule has 1 aromatic rings. The van der Waals surface area contributed by atoms with Crippen molar-refractivity contribution >= 4 is 32.4 Å². The van der Waals surface area contributed by atoms with Crippen LogP contribution in [0.5, 0.6) is 5.75 Å². The van der Waals surface area contributed by atoms with Crippen molar-refractivity contribution in [3.05, 3.63) is 29.8 Å². The van der Waals surface area contributed by atoms with Gasteiger partial charge in [-0.25, -0.2) is 0 Å². The van der Waals surface area contributed by atoms with E-state index in [2.05, 4.69) is 33.8 Å². The predicted molar refractivity (Wildman–Crippen MR) is 84.2 cm³/mol. The Morgan fingerprint density at radius 2 is 2.12 bits per heavy atom. The molecule has 0 unspecified atom stereocenters. The first kappa shape index (κ1) is 14.2. The molecule has 0 radical (unpaired) electrons. The van der Waals surface area contributed by atoms with Gasteiger partial charge in [0.15, 0.2) is 0 Å². The van der Waals surface area contributed by atoms with E-state index in [4.69, 9.17) is 4.74 Å². The van der Waals surface area contributed by atoms with Crippen LogP contribution in [-0.4, -0.2) is 29.1 Å². The van der Waals surface area contributed by atoms with E-state index in [1.807, 2.05) is 19.1 Å². The number of amidine groups is 1. The van der Waals surface area contributed by atoms with Gasteiger partial charge in [0.05, 0.1) is 0 Å². The molecule has 0 fully saturated rings. The molecule has 0 saturated carbocycles. The van der Waals surface area contributed by atoms with Crippen molar-refractivity contribution in [2.24, 2.45) is 9.98 Å². The van der Waals surface area contributed by atoms with E-state index in [1.165, 1.54) is 5.56 Å². The van der Waals surface area contributed by atoms with Crippen LogP contribution >= 0.6 is 19.8 Å². The molecule has 0 spiro atoms. The molecule has 0 atom stereocenters. The third kappa shape index (κ3) is 4.85. The zero-order valence-corrected chi connectivity index (χ0v) is 12.8. The van der Waals surface area contributed by atoms with E-state index in [9.17, 15) is 0 Å². The number of methoxy groups -OCH3 is 1. The minimum atomic E-state index is -1.07. The number of rotatable bonds is 5. The van der Waals surface area contributed by atoms with Crippen molar-refractivity contribution in [1.29, 1.82) is 0 Å². The van der Waals surface area contributed by atoms with Gasteiger partial charge in [-0.15, -0.1) is 0 Å². The van der Waals surface area contributed by atoms with Gasteiger partial charge in [0, 0.05) is 0 Å². The van der Waals surface area contributed by atoms with Gasteiger partial charge < -0.3 is 0 Å². The molecule has 0 aliphatic rings. The topological polar surface area (TPSA) is 34.0 Å². The number of ether oxygens (including phenoxy) is 1. The summed E-state index contributed by atoms with van der Waals surface area (Å²) in [5, 5.41) is 0. The van der Waals surface area contributed by atoms with Crippen molar-refractivity contribution < 1.29 is 4.74 Å². The monoisotopic (exact) mass is 346 g/mol. The molecule has 94 valence electrons. The fraction of sp³-hybridized carbons (Fsp3) is 0.385. The third-order valence-corrected chi connectivity index (χ3v) is 5.92. The average Bonchev–Trinajstić information content (AvgIpc) is 2.36. The van der Waals surface area contributed by atoms with Crippen LogP contribution in [0, 0.1) is 0 Å². The van der Waals surface area contributed by atoms with Gasteiger partial charge in [0.25, 0.3) is 0 Å². The van der Waals surface area contributed by atoms with Crippen molar-refractivity contribution in [1.82, 2.24) is 0 Å². The van der Waals surface area contributed by atoms with Crippen LogP contribution in [0.25, 0.3) is 0 Å². The molecule has 0 bridgehead atoms. The zero-order chi connectivity index (χ0) is 12.7. The second-order valence-corrected chi connectivity index (χ2v) is 9.23. The van der Waals surface area contributed by atoms with Gasteiger partial charge in [0.2, 0.25) is 0 Å². The molecule has 1 rings (SSSR count). The Hall–Kier alpha value is -0.910. The van der Waals surface area contributed by atoms with Gasteiger partial charge in [-0.05, 0) is 0 Å². The summed E-state index contributed by atoms with van der Waals surface area (Å²) in [7, 11) is 1.72. The first-order chi connectivity index (χ1) is 8.17. The Balaban J connectivity index is 2.61. The summed E-state index contributed by atoms with van der Waals surface area (Å²) < 4.78 is 7.39. The second kappa shape index (κ2) is 7.42. The first-order valence-electron chi connectivity index (χ1n) is 5.29. The van der Waals surface area contributed by atoms with Crippen LogP contribution in [0.4, 0.5) is 0 Å². The summed E-state index contributed by atoms with van der Waals surface area (Å²) in [4.78, 5) is 10.5. The summed E-state index contributed by atoms with van der Waals surface area (Å²) >= 11 is -1.07. The zero-order valence-electron chi connectivity index (χ0n) is 10.6. The Kier molecular flexibility index (Phi) is 6.18. The number of para-hydroxylation sites is 1. The molecule has 0 aliphatic carbocycles. The second-order valence-electron chi connectivity index (χ2n) is 3.65. The van der Waals surface area contributed by atoms with E-state index < -0.39 is 19.8 Å². The van der Waals surface area contributed by atoms with E-state index in [0.717, 1.165) is 20.6 Å². The predicted octanol–water partition coefficient (Wildman–Crippen LogP) is 3.41. The van der Waals surface area contributed by atoms with Crippen LogP contribution in [0.3, 0.4) is 0 Å². The molecule has 0 aromatic heterocycles. The fourth-order valence-corrected chi connectivity index (χ4v) is 4.69. The van der Waals surface area contributed by atoms with Crippen molar-refractivity contribution in [2.45, 2.75) is 11.4 Å². The molecule has 17 heavy (non-hydrogen) atoms. The summed E-state index contributed by atoms with van der Waals surface area (Å²) in [5.74, 6) is 1.77. The normalized spacial score (nSPS) is 12.2. The number of hydrogen-bond donors (Lipinski definition) is 0. The molecule has 1 aromatic carbocycles. The molecule has 4 heteroatoms. The molecule has 0 N–H and O–H groups in total. The maximum absolute atomic E-state index is 5.35. The molecule has 0 saturated heterocycles. The molecular formula is C13H19IN2O. The summed E-state index contributed by atoms with van der Waals surface area (Å²) in [5.41, 5.74) is 1.29. The van der Waals surface area contributed by atoms with Crippen molar-refractivity contribution in [3.63, 3.8) is 0 Å². The molecule has 0 aliphatic heterocycles. The van der Waals surface area contributed by atoms with E-state index in [0.29, 0.717) is 0 Å². The Morgan fingerprint density at radius 1 is 1.41 bits per heavy atom. The minimum absolute atomic E-state index is 0.786. The Bertz CT molecular complexity index is 404. The molecular weight excluding hydrogens is 327 g/mol. The van der Waals surface area contributed by atoms with Gasteiger partial charge in [-0.1, -0.05) is 0 Å². The summed E-state index contributed by atoms with van der Waals surface area (Å²) in [6.07, 6.45) is 0. The van der Waals surface area contributed by atoms with Crippen molar-refractivity contribution in [2.75, 3.05) is 16.6 Å². The van der Waals surface area contributed by atoms with Gasteiger partial charge in [0.1, 0.15) is 0 Å². The molecule has 3 nitrogen and oxygen atoms in total. The molecule has 0 heterocycles.